The molecule has 2 aromatic rings. The number of aliphatic hydroxyl groups excluding tert-OH is 1. The van der Waals surface area contributed by atoms with E-state index < -0.39 is 0 Å². The molecule has 14 heavy (non-hydrogen) atoms. The Kier molecular flexibility index (Phi) is 2.96. The molecule has 0 spiro atoms. The molecule has 0 saturated heterocycles. The lowest BCUT2D eigenvalue weighted by Gasteiger charge is -1.97. The predicted octanol–water partition coefficient (Wildman–Crippen LogP) is 2.09. The summed E-state index contributed by atoms with van der Waals surface area (Å²) in [5.41, 5.74) is 1.03. The molecule has 1 heterocycles. The molecule has 0 saturated carbocycles. The summed E-state index contributed by atoms with van der Waals surface area (Å²) in [5, 5.41) is 12.7. The zero-order valence-corrected chi connectivity index (χ0v) is 8.55. The Hall–Kier alpha value is -1.13. The molecule has 4 heteroatoms. The van der Waals surface area contributed by atoms with Gasteiger partial charge in [0.2, 0.25) is 0 Å². The summed E-state index contributed by atoms with van der Waals surface area (Å²) >= 11 is 1.64. The van der Waals surface area contributed by atoms with Crippen LogP contribution in [0.1, 0.15) is 6.42 Å². The highest BCUT2D eigenvalue weighted by Crippen LogP contribution is 2.24. The second-order valence-electron chi connectivity index (χ2n) is 2.99. The van der Waals surface area contributed by atoms with Gasteiger partial charge >= 0.3 is 0 Å². The third-order valence-corrected chi connectivity index (χ3v) is 2.90. The molecule has 74 valence electrons. The first kappa shape index (κ1) is 9.43. The number of para-hydroxylation sites is 1. The molecule has 1 aromatic heterocycles. The van der Waals surface area contributed by atoms with E-state index in [4.69, 9.17) is 5.11 Å². The van der Waals surface area contributed by atoms with E-state index in [1.165, 1.54) is 4.70 Å². The van der Waals surface area contributed by atoms with Crippen LogP contribution < -0.4 is 5.32 Å². The normalized spacial score (nSPS) is 10.6. The average molecular weight is 208 g/mol. The molecule has 0 radical (unpaired) electrons. The van der Waals surface area contributed by atoms with Crippen molar-refractivity contribution >= 4 is 26.7 Å². The number of benzene rings is 1. The van der Waals surface area contributed by atoms with Crippen LogP contribution in [0, 0.1) is 0 Å². The summed E-state index contributed by atoms with van der Waals surface area (Å²) in [6.45, 7) is 0.994. The molecular weight excluding hydrogens is 196 g/mol. The number of nitrogens with one attached hydrogen (secondary N) is 1. The van der Waals surface area contributed by atoms with Crippen molar-refractivity contribution in [2.45, 2.75) is 6.42 Å². The molecule has 2 rings (SSSR count). The van der Waals surface area contributed by atoms with Gasteiger partial charge in [-0.05, 0) is 18.6 Å². The maximum atomic E-state index is 8.63. The van der Waals surface area contributed by atoms with Gasteiger partial charge in [0.1, 0.15) is 0 Å². The minimum atomic E-state index is 0.220. The Balaban J connectivity index is 2.11. The van der Waals surface area contributed by atoms with Gasteiger partial charge in [-0.15, -0.1) is 0 Å². The second-order valence-corrected chi connectivity index (χ2v) is 4.02. The van der Waals surface area contributed by atoms with Crippen molar-refractivity contribution < 1.29 is 5.11 Å². The first-order valence-electron chi connectivity index (χ1n) is 4.60. The Morgan fingerprint density at radius 2 is 2.21 bits per heavy atom. The number of thiazole rings is 1. The van der Waals surface area contributed by atoms with Crippen molar-refractivity contribution in [3.05, 3.63) is 24.3 Å². The molecule has 0 atom stereocenters. The van der Waals surface area contributed by atoms with E-state index in [0.29, 0.717) is 0 Å². The molecule has 0 bridgehead atoms. The van der Waals surface area contributed by atoms with Gasteiger partial charge in [0.25, 0.3) is 0 Å². The Morgan fingerprint density at radius 3 is 3.00 bits per heavy atom. The lowest BCUT2D eigenvalue weighted by molar-refractivity contribution is 0.292. The highest BCUT2D eigenvalue weighted by molar-refractivity contribution is 7.22. The lowest BCUT2D eigenvalue weighted by atomic mass is 10.3. The summed E-state index contributed by atoms with van der Waals surface area (Å²) in [5.74, 6) is 0. The predicted molar refractivity (Wildman–Crippen MR) is 59.8 cm³/mol. The quantitative estimate of drug-likeness (QED) is 0.756. The summed E-state index contributed by atoms with van der Waals surface area (Å²) in [4.78, 5) is 4.41. The fourth-order valence-electron chi connectivity index (χ4n) is 1.22. The smallest absolute Gasteiger partial charge is 0.183 e. The van der Waals surface area contributed by atoms with E-state index >= 15 is 0 Å². The fourth-order valence-corrected chi connectivity index (χ4v) is 2.11. The van der Waals surface area contributed by atoms with E-state index in [-0.39, 0.29) is 6.61 Å². The fraction of sp³-hybridized carbons (Fsp3) is 0.300. The van der Waals surface area contributed by atoms with Gasteiger partial charge in [-0.25, -0.2) is 4.98 Å². The van der Waals surface area contributed by atoms with E-state index in [1.54, 1.807) is 11.3 Å². The van der Waals surface area contributed by atoms with Crippen LogP contribution in [0.25, 0.3) is 10.2 Å². The SMILES string of the molecule is OCCCNc1nc2ccccc2s1. The minimum absolute atomic E-state index is 0.220. The van der Waals surface area contributed by atoms with Crippen molar-refractivity contribution in [2.24, 2.45) is 0 Å². The summed E-state index contributed by atoms with van der Waals surface area (Å²) in [6, 6.07) is 8.06. The van der Waals surface area contributed by atoms with Crippen LogP contribution in [0.2, 0.25) is 0 Å². The first-order valence-corrected chi connectivity index (χ1v) is 5.42. The lowest BCUT2D eigenvalue weighted by Crippen LogP contribution is -2.02. The van der Waals surface area contributed by atoms with Crippen LogP contribution in [0.3, 0.4) is 0 Å². The molecule has 0 amide bonds. The number of aliphatic hydroxyl groups is 1. The number of rotatable bonds is 4. The molecule has 3 nitrogen and oxygen atoms in total. The highest BCUT2D eigenvalue weighted by atomic mass is 32.1. The third kappa shape index (κ3) is 2.02. The highest BCUT2D eigenvalue weighted by Gasteiger charge is 2.00. The number of fused-ring (bicyclic) bond motifs is 1. The van der Waals surface area contributed by atoms with Crippen molar-refractivity contribution in [2.75, 3.05) is 18.5 Å². The van der Waals surface area contributed by atoms with E-state index in [2.05, 4.69) is 16.4 Å². The molecule has 0 fully saturated rings. The van der Waals surface area contributed by atoms with Gasteiger partial charge < -0.3 is 10.4 Å². The van der Waals surface area contributed by atoms with Gasteiger partial charge in [0.05, 0.1) is 10.2 Å². The van der Waals surface area contributed by atoms with E-state index in [0.717, 1.165) is 23.6 Å². The number of nitrogens with zero attached hydrogens (tertiary/aromatic N) is 1. The Labute approximate surface area is 86.4 Å². The minimum Gasteiger partial charge on any atom is -0.396 e. The van der Waals surface area contributed by atoms with Gasteiger partial charge in [-0.1, -0.05) is 23.5 Å². The molecule has 0 aliphatic heterocycles. The summed E-state index contributed by atoms with van der Waals surface area (Å²) in [7, 11) is 0. The summed E-state index contributed by atoms with van der Waals surface area (Å²) < 4.78 is 1.19. The number of hydrogen-bond acceptors (Lipinski definition) is 4. The molecule has 2 N–H and O–H groups in total. The van der Waals surface area contributed by atoms with Crippen LogP contribution in [0.4, 0.5) is 5.13 Å². The van der Waals surface area contributed by atoms with E-state index in [9.17, 15) is 0 Å². The maximum absolute atomic E-state index is 8.63. The van der Waals surface area contributed by atoms with Gasteiger partial charge in [-0.3, -0.25) is 0 Å². The van der Waals surface area contributed by atoms with Crippen LogP contribution in [0.15, 0.2) is 24.3 Å². The topological polar surface area (TPSA) is 45.1 Å². The summed E-state index contributed by atoms with van der Waals surface area (Å²) in [6.07, 6.45) is 0.760. The van der Waals surface area contributed by atoms with Crippen LogP contribution in [-0.4, -0.2) is 23.2 Å². The zero-order valence-electron chi connectivity index (χ0n) is 7.73. The molecular formula is C10H12N2OS. The van der Waals surface area contributed by atoms with E-state index in [1.807, 2.05) is 18.2 Å². The van der Waals surface area contributed by atoms with Crippen molar-refractivity contribution in [3.63, 3.8) is 0 Å². The average Bonchev–Trinajstić information content (AvgIpc) is 2.60. The number of hydrogen-bond donors (Lipinski definition) is 2. The molecule has 0 unspecified atom stereocenters. The Bertz CT molecular complexity index is 380. The molecule has 1 aromatic carbocycles. The second kappa shape index (κ2) is 4.39. The largest absolute Gasteiger partial charge is 0.396 e. The van der Waals surface area contributed by atoms with Crippen LogP contribution >= 0.6 is 11.3 Å². The molecule has 0 aliphatic rings. The number of anilines is 1. The monoisotopic (exact) mass is 208 g/mol. The van der Waals surface area contributed by atoms with Gasteiger partial charge in [-0.2, -0.15) is 0 Å². The third-order valence-electron chi connectivity index (χ3n) is 1.91. The maximum Gasteiger partial charge on any atom is 0.183 e. The van der Waals surface area contributed by atoms with Crippen molar-refractivity contribution in [3.8, 4) is 0 Å². The van der Waals surface area contributed by atoms with Crippen LogP contribution in [0.5, 0.6) is 0 Å². The Morgan fingerprint density at radius 1 is 1.36 bits per heavy atom. The van der Waals surface area contributed by atoms with Gasteiger partial charge in [0, 0.05) is 13.2 Å². The van der Waals surface area contributed by atoms with Crippen LogP contribution in [-0.2, 0) is 0 Å². The standard InChI is InChI=1S/C10H12N2OS/c13-7-3-6-11-10-12-8-4-1-2-5-9(8)14-10/h1-2,4-5,13H,3,6-7H2,(H,11,12). The van der Waals surface area contributed by atoms with Gasteiger partial charge in [0.15, 0.2) is 5.13 Å². The molecule has 0 aliphatic carbocycles. The number of aromatic nitrogens is 1. The van der Waals surface area contributed by atoms with Crippen molar-refractivity contribution in [1.82, 2.24) is 4.98 Å². The zero-order chi connectivity index (χ0) is 9.80. The first-order chi connectivity index (χ1) is 6.90. The van der Waals surface area contributed by atoms with Crippen molar-refractivity contribution in [1.29, 1.82) is 0 Å².